The maximum atomic E-state index is 4.61. The van der Waals surface area contributed by atoms with E-state index in [-0.39, 0.29) is 6.04 Å². The van der Waals surface area contributed by atoms with Gasteiger partial charge in [-0.1, -0.05) is 72.8 Å². The van der Waals surface area contributed by atoms with Crippen molar-refractivity contribution in [3.63, 3.8) is 0 Å². The molecule has 0 atom stereocenters. The van der Waals surface area contributed by atoms with E-state index in [2.05, 4.69) is 63.4 Å². The Bertz CT molecular complexity index is 766. The van der Waals surface area contributed by atoms with Gasteiger partial charge >= 0.3 is 0 Å². The lowest BCUT2D eigenvalue weighted by Gasteiger charge is -2.32. The first-order valence-electron chi connectivity index (χ1n) is 8.65. The fraction of sp³-hybridized carbons (Fsp3) is 0.0435. The van der Waals surface area contributed by atoms with E-state index in [1.807, 2.05) is 60.9 Å². The van der Waals surface area contributed by atoms with E-state index in [9.17, 15) is 0 Å². The summed E-state index contributed by atoms with van der Waals surface area (Å²) in [4.78, 5) is 11.4. The second kappa shape index (κ2) is 7.62. The Labute approximate surface area is 153 Å². The minimum Gasteiger partial charge on any atom is -0.299 e. The first-order chi connectivity index (χ1) is 12.9. The van der Waals surface area contributed by atoms with Crippen LogP contribution in [0.15, 0.2) is 109 Å². The van der Waals surface area contributed by atoms with Crippen LogP contribution in [0.2, 0.25) is 0 Å². The standard InChI is InChI=1S/C23H19N3/c1-3-11-19(12-4-1)23(20-13-5-2-6-14-20)26(21-15-7-9-17-24-21)22-16-8-10-18-25-22/h1-18,23H. The molecule has 0 bridgehead atoms. The van der Waals surface area contributed by atoms with E-state index < -0.39 is 0 Å². The molecule has 126 valence electrons. The third-order valence-corrected chi connectivity index (χ3v) is 4.28. The Morgan fingerprint density at radius 1 is 0.500 bits per heavy atom. The maximum Gasteiger partial charge on any atom is 0.134 e. The molecule has 0 aliphatic rings. The SMILES string of the molecule is c1ccc(C(c2ccccc2)N(c2ccccn2)c2ccccn2)cc1. The third-order valence-electron chi connectivity index (χ3n) is 4.28. The van der Waals surface area contributed by atoms with Crippen molar-refractivity contribution in [2.24, 2.45) is 0 Å². The van der Waals surface area contributed by atoms with E-state index in [4.69, 9.17) is 0 Å². The Hall–Kier alpha value is -3.46. The highest BCUT2D eigenvalue weighted by Crippen LogP contribution is 2.36. The van der Waals surface area contributed by atoms with Crippen LogP contribution in [-0.2, 0) is 0 Å². The van der Waals surface area contributed by atoms with Crippen molar-refractivity contribution < 1.29 is 0 Å². The molecule has 0 saturated carbocycles. The number of pyridine rings is 2. The topological polar surface area (TPSA) is 29.0 Å². The van der Waals surface area contributed by atoms with Gasteiger partial charge < -0.3 is 0 Å². The number of benzene rings is 2. The molecule has 0 spiro atoms. The largest absolute Gasteiger partial charge is 0.299 e. The number of rotatable bonds is 5. The van der Waals surface area contributed by atoms with Gasteiger partial charge in [0, 0.05) is 12.4 Å². The lowest BCUT2D eigenvalue weighted by molar-refractivity contribution is 0.793. The fourth-order valence-corrected chi connectivity index (χ4v) is 3.14. The zero-order valence-electron chi connectivity index (χ0n) is 14.3. The van der Waals surface area contributed by atoms with Crippen LogP contribution in [0.1, 0.15) is 17.2 Å². The highest BCUT2D eigenvalue weighted by Gasteiger charge is 2.25. The van der Waals surface area contributed by atoms with Gasteiger partial charge in [-0.2, -0.15) is 0 Å². The molecule has 0 unspecified atom stereocenters. The highest BCUT2D eigenvalue weighted by molar-refractivity contribution is 5.60. The number of aromatic nitrogens is 2. The molecule has 0 N–H and O–H groups in total. The summed E-state index contributed by atoms with van der Waals surface area (Å²) in [7, 11) is 0. The maximum absolute atomic E-state index is 4.61. The molecule has 0 fully saturated rings. The summed E-state index contributed by atoms with van der Waals surface area (Å²) in [5, 5.41) is 0. The Kier molecular flexibility index (Phi) is 4.70. The minimum absolute atomic E-state index is 0.0257. The molecule has 3 heteroatoms. The van der Waals surface area contributed by atoms with Gasteiger partial charge in [-0.25, -0.2) is 9.97 Å². The average Bonchev–Trinajstić information content (AvgIpc) is 2.74. The lowest BCUT2D eigenvalue weighted by Crippen LogP contribution is -2.26. The van der Waals surface area contributed by atoms with Crippen LogP contribution in [0.5, 0.6) is 0 Å². The predicted molar refractivity (Wildman–Crippen MR) is 105 cm³/mol. The molecular formula is C23H19N3. The quantitative estimate of drug-likeness (QED) is 0.488. The van der Waals surface area contributed by atoms with Crippen molar-refractivity contribution >= 4 is 11.6 Å². The molecular weight excluding hydrogens is 318 g/mol. The van der Waals surface area contributed by atoms with Gasteiger partial charge in [0.1, 0.15) is 11.6 Å². The van der Waals surface area contributed by atoms with Crippen LogP contribution in [0.3, 0.4) is 0 Å². The number of nitrogens with zero attached hydrogens (tertiary/aromatic N) is 3. The summed E-state index contributed by atoms with van der Waals surface area (Å²) in [6.07, 6.45) is 3.64. The van der Waals surface area contributed by atoms with Crippen molar-refractivity contribution in [1.29, 1.82) is 0 Å². The van der Waals surface area contributed by atoms with E-state index in [0.717, 1.165) is 11.6 Å². The van der Waals surface area contributed by atoms with E-state index in [0.29, 0.717) is 0 Å². The van der Waals surface area contributed by atoms with Crippen molar-refractivity contribution in [3.8, 4) is 0 Å². The average molecular weight is 337 g/mol. The highest BCUT2D eigenvalue weighted by atomic mass is 15.3. The number of hydrogen-bond donors (Lipinski definition) is 0. The van der Waals surface area contributed by atoms with Crippen LogP contribution < -0.4 is 4.90 Å². The van der Waals surface area contributed by atoms with Crippen LogP contribution in [-0.4, -0.2) is 9.97 Å². The van der Waals surface area contributed by atoms with Gasteiger partial charge in [0.2, 0.25) is 0 Å². The van der Waals surface area contributed by atoms with Crippen molar-refractivity contribution in [2.75, 3.05) is 4.90 Å². The molecule has 0 amide bonds. The Morgan fingerprint density at radius 2 is 0.923 bits per heavy atom. The van der Waals surface area contributed by atoms with Crippen LogP contribution in [0.4, 0.5) is 11.6 Å². The molecule has 0 aliphatic carbocycles. The smallest absolute Gasteiger partial charge is 0.134 e. The third kappa shape index (κ3) is 3.33. The molecule has 2 aromatic heterocycles. The van der Waals surface area contributed by atoms with E-state index in [1.54, 1.807) is 0 Å². The van der Waals surface area contributed by atoms with Crippen molar-refractivity contribution in [2.45, 2.75) is 6.04 Å². The molecule has 3 nitrogen and oxygen atoms in total. The van der Waals surface area contributed by atoms with Crippen molar-refractivity contribution in [1.82, 2.24) is 9.97 Å². The molecule has 0 radical (unpaired) electrons. The predicted octanol–water partition coefficient (Wildman–Crippen LogP) is 5.40. The molecule has 4 aromatic rings. The van der Waals surface area contributed by atoms with Gasteiger partial charge in [0.25, 0.3) is 0 Å². The summed E-state index contributed by atoms with van der Waals surface area (Å²) in [5.41, 5.74) is 2.38. The molecule has 4 rings (SSSR count). The molecule has 0 saturated heterocycles. The zero-order chi connectivity index (χ0) is 17.6. The minimum atomic E-state index is -0.0257. The monoisotopic (exact) mass is 337 g/mol. The Morgan fingerprint density at radius 3 is 1.31 bits per heavy atom. The van der Waals surface area contributed by atoms with Gasteiger partial charge in [-0.3, -0.25) is 4.90 Å². The summed E-state index contributed by atoms with van der Waals surface area (Å²) < 4.78 is 0. The van der Waals surface area contributed by atoms with Gasteiger partial charge in [-0.05, 0) is 35.4 Å². The lowest BCUT2D eigenvalue weighted by atomic mass is 9.97. The Balaban J connectivity index is 1.93. The molecule has 0 aliphatic heterocycles. The summed E-state index contributed by atoms with van der Waals surface area (Å²) in [6, 6.07) is 32.8. The van der Waals surface area contributed by atoms with Crippen molar-refractivity contribution in [3.05, 3.63) is 121 Å². The number of anilines is 2. The van der Waals surface area contributed by atoms with E-state index in [1.165, 1.54) is 11.1 Å². The first kappa shape index (κ1) is 16.0. The molecule has 26 heavy (non-hydrogen) atoms. The van der Waals surface area contributed by atoms with Gasteiger partial charge in [-0.15, -0.1) is 0 Å². The fourth-order valence-electron chi connectivity index (χ4n) is 3.14. The second-order valence-electron chi connectivity index (χ2n) is 5.97. The van der Waals surface area contributed by atoms with Crippen LogP contribution in [0.25, 0.3) is 0 Å². The zero-order valence-corrected chi connectivity index (χ0v) is 14.3. The van der Waals surface area contributed by atoms with E-state index >= 15 is 0 Å². The summed E-state index contributed by atoms with van der Waals surface area (Å²) in [5.74, 6) is 1.73. The first-order valence-corrected chi connectivity index (χ1v) is 8.65. The summed E-state index contributed by atoms with van der Waals surface area (Å²) >= 11 is 0. The van der Waals surface area contributed by atoms with Gasteiger partial charge in [0.15, 0.2) is 0 Å². The summed E-state index contributed by atoms with van der Waals surface area (Å²) in [6.45, 7) is 0. The van der Waals surface area contributed by atoms with Crippen LogP contribution >= 0.6 is 0 Å². The second-order valence-corrected chi connectivity index (χ2v) is 5.97. The molecule has 2 aromatic carbocycles. The van der Waals surface area contributed by atoms with Gasteiger partial charge in [0.05, 0.1) is 6.04 Å². The van der Waals surface area contributed by atoms with Crippen LogP contribution in [0, 0.1) is 0 Å². The number of hydrogen-bond acceptors (Lipinski definition) is 3. The molecule has 2 heterocycles. The normalized spacial score (nSPS) is 10.7.